The lowest BCUT2D eigenvalue weighted by Gasteiger charge is -2.12. The van der Waals surface area contributed by atoms with Crippen LogP contribution in [-0.4, -0.2) is 37.5 Å². The molecular formula is C13H16BrClN2O. The molecule has 1 aromatic carbocycles. The third-order valence-corrected chi connectivity index (χ3v) is 4.45. The summed E-state index contributed by atoms with van der Waals surface area (Å²) >= 11 is 9.28. The fourth-order valence-electron chi connectivity index (χ4n) is 2.17. The normalized spacial score (nSPS) is 20.1. The van der Waals surface area contributed by atoms with Crippen molar-refractivity contribution in [2.45, 2.75) is 6.42 Å². The van der Waals surface area contributed by atoms with E-state index in [4.69, 9.17) is 11.6 Å². The predicted molar refractivity (Wildman–Crippen MR) is 77.1 cm³/mol. The molecule has 3 nitrogen and oxygen atoms in total. The molecule has 1 aliphatic rings. The van der Waals surface area contributed by atoms with Crippen molar-refractivity contribution in [3.8, 4) is 0 Å². The van der Waals surface area contributed by atoms with Gasteiger partial charge in [0.1, 0.15) is 0 Å². The lowest BCUT2D eigenvalue weighted by molar-refractivity contribution is 0.0947. The molecule has 1 fully saturated rings. The lowest BCUT2D eigenvalue weighted by Crippen LogP contribution is -2.30. The van der Waals surface area contributed by atoms with Crippen molar-refractivity contribution in [1.82, 2.24) is 10.2 Å². The van der Waals surface area contributed by atoms with Gasteiger partial charge in [-0.25, -0.2) is 0 Å². The number of amides is 1. The van der Waals surface area contributed by atoms with E-state index in [0.717, 1.165) is 30.5 Å². The minimum absolute atomic E-state index is 0.0565. The van der Waals surface area contributed by atoms with E-state index >= 15 is 0 Å². The maximum absolute atomic E-state index is 11.9. The second-order valence-corrected chi connectivity index (χ2v) is 6.02. The van der Waals surface area contributed by atoms with Crippen LogP contribution < -0.4 is 5.32 Å². The molecule has 2 rings (SSSR count). The van der Waals surface area contributed by atoms with E-state index in [1.165, 1.54) is 0 Å². The molecule has 1 amide bonds. The van der Waals surface area contributed by atoms with Crippen molar-refractivity contribution >= 4 is 33.4 Å². The smallest absolute Gasteiger partial charge is 0.251 e. The Kier molecular flexibility index (Phi) is 4.65. The van der Waals surface area contributed by atoms with Crippen LogP contribution in [0, 0.1) is 5.92 Å². The van der Waals surface area contributed by atoms with Gasteiger partial charge in [0.25, 0.3) is 5.91 Å². The number of benzene rings is 1. The summed E-state index contributed by atoms with van der Waals surface area (Å²) in [4.78, 5) is 14.2. The monoisotopic (exact) mass is 330 g/mol. The van der Waals surface area contributed by atoms with Gasteiger partial charge in [-0.3, -0.25) is 4.79 Å². The number of carbonyl (C=O) groups is 1. The Morgan fingerprint density at radius 2 is 2.39 bits per heavy atom. The molecule has 1 saturated heterocycles. The first-order valence-electron chi connectivity index (χ1n) is 5.98. The highest BCUT2D eigenvalue weighted by atomic mass is 79.9. The van der Waals surface area contributed by atoms with E-state index in [-0.39, 0.29) is 5.91 Å². The SMILES string of the molecule is CN1CCC(CNC(=O)c2ccc(Br)c(Cl)c2)C1. The average Bonchev–Trinajstić information content (AvgIpc) is 2.75. The molecule has 0 aliphatic carbocycles. The Morgan fingerprint density at radius 3 is 3.00 bits per heavy atom. The summed E-state index contributed by atoms with van der Waals surface area (Å²) in [6.07, 6.45) is 1.15. The van der Waals surface area contributed by atoms with Gasteiger partial charge in [0.05, 0.1) is 5.02 Å². The zero-order chi connectivity index (χ0) is 13.1. The van der Waals surface area contributed by atoms with E-state index in [1.807, 2.05) is 0 Å². The fourth-order valence-corrected chi connectivity index (χ4v) is 2.60. The largest absolute Gasteiger partial charge is 0.352 e. The van der Waals surface area contributed by atoms with Crippen LogP contribution in [0.5, 0.6) is 0 Å². The first-order chi connectivity index (χ1) is 8.56. The van der Waals surface area contributed by atoms with E-state index in [9.17, 15) is 4.79 Å². The van der Waals surface area contributed by atoms with Crippen molar-refractivity contribution in [3.63, 3.8) is 0 Å². The van der Waals surface area contributed by atoms with Crippen molar-refractivity contribution in [2.75, 3.05) is 26.7 Å². The van der Waals surface area contributed by atoms with Crippen LogP contribution in [0.2, 0.25) is 5.02 Å². The Labute approximate surface area is 121 Å². The highest BCUT2D eigenvalue weighted by Crippen LogP contribution is 2.23. The summed E-state index contributed by atoms with van der Waals surface area (Å²) in [6.45, 7) is 2.91. The Morgan fingerprint density at radius 1 is 1.61 bits per heavy atom. The van der Waals surface area contributed by atoms with Crippen LogP contribution in [0.3, 0.4) is 0 Å². The molecule has 98 valence electrons. The number of carbonyl (C=O) groups excluding carboxylic acids is 1. The number of hydrogen-bond donors (Lipinski definition) is 1. The van der Waals surface area contributed by atoms with Gasteiger partial charge in [-0.2, -0.15) is 0 Å². The summed E-state index contributed by atoms with van der Waals surface area (Å²) in [7, 11) is 2.11. The van der Waals surface area contributed by atoms with Crippen LogP contribution in [0.15, 0.2) is 22.7 Å². The zero-order valence-corrected chi connectivity index (χ0v) is 12.6. The van der Waals surface area contributed by atoms with Gasteiger partial charge < -0.3 is 10.2 Å². The van der Waals surface area contributed by atoms with E-state index in [0.29, 0.717) is 16.5 Å². The molecule has 1 aliphatic heterocycles. The Balaban J connectivity index is 1.89. The van der Waals surface area contributed by atoms with Gasteiger partial charge in [-0.1, -0.05) is 11.6 Å². The molecule has 0 aromatic heterocycles. The summed E-state index contributed by atoms with van der Waals surface area (Å²) in [5, 5.41) is 3.53. The maximum Gasteiger partial charge on any atom is 0.251 e. The van der Waals surface area contributed by atoms with E-state index in [1.54, 1.807) is 18.2 Å². The van der Waals surface area contributed by atoms with Crippen LogP contribution in [0.4, 0.5) is 0 Å². The molecule has 1 aromatic rings. The fraction of sp³-hybridized carbons (Fsp3) is 0.462. The predicted octanol–water partition coefficient (Wildman–Crippen LogP) is 2.78. The molecule has 1 unspecified atom stereocenters. The molecule has 1 N–H and O–H groups in total. The second kappa shape index (κ2) is 6.04. The minimum atomic E-state index is -0.0565. The Bertz CT molecular complexity index is 453. The number of likely N-dealkylation sites (tertiary alicyclic amines) is 1. The number of nitrogens with one attached hydrogen (secondary N) is 1. The minimum Gasteiger partial charge on any atom is -0.352 e. The van der Waals surface area contributed by atoms with Gasteiger partial charge in [0, 0.05) is 23.1 Å². The number of hydrogen-bond acceptors (Lipinski definition) is 2. The van der Waals surface area contributed by atoms with Gasteiger partial charge in [-0.15, -0.1) is 0 Å². The topological polar surface area (TPSA) is 32.3 Å². The van der Waals surface area contributed by atoms with Gasteiger partial charge in [0.2, 0.25) is 0 Å². The van der Waals surface area contributed by atoms with Crippen molar-refractivity contribution in [3.05, 3.63) is 33.3 Å². The van der Waals surface area contributed by atoms with Crippen molar-refractivity contribution < 1.29 is 4.79 Å². The summed E-state index contributed by atoms with van der Waals surface area (Å²) in [5.74, 6) is 0.504. The summed E-state index contributed by atoms with van der Waals surface area (Å²) in [6, 6.07) is 5.24. The Hall–Kier alpha value is -0.580. The number of rotatable bonds is 3. The molecule has 0 radical (unpaired) electrons. The van der Waals surface area contributed by atoms with Crippen LogP contribution in [0.25, 0.3) is 0 Å². The maximum atomic E-state index is 11.9. The molecule has 0 saturated carbocycles. The van der Waals surface area contributed by atoms with E-state index in [2.05, 4.69) is 33.2 Å². The lowest BCUT2D eigenvalue weighted by atomic mass is 10.1. The van der Waals surface area contributed by atoms with Gasteiger partial charge >= 0.3 is 0 Å². The molecular weight excluding hydrogens is 316 g/mol. The first-order valence-corrected chi connectivity index (χ1v) is 7.15. The van der Waals surface area contributed by atoms with Crippen LogP contribution >= 0.6 is 27.5 Å². The molecule has 1 atom stereocenters. The third-order valence-electron chi connectivity index (χ3n) is 3.22. The second-order valence-electron chi connectivity index (χ2n) is 4.76. The third kappa shape index (κ3) is 3.46. The average molecular weight is 332 g/mol. The number of halogens is 2. The zero-order valence-electron chi connectivity index (χ0n) is 10.2. The standard InChI is InChI=1S/C13H16BrClN2O/c1-17-5-4-9(8-17)7-16-13(18)10-2-3-11(14)12(15)6-10/h2-3,6,9H,4-5,7-8H2,1H3,(H,16,18). The molecule has 0 bridgehead atoms. The van der Waals surface area contributed by atoms with E-state index < -0.39 is 0 Å². The summed E-state index contributed by atoms with van der Waals surface area (Å²) < 4.78 is 0.804. The highest BCUT2D eigenvalue weighted by Gasteiger charge is 2.20. The molecule has 1 heterocycles. The van der Waals surface area contributed by atoms with Crippen LogP contribution in [0.1, 0.15) is 16.8 Å². The molecule has 18 heavy (non-hydrogen) atoms. The molecule has 5 heteroatoms. The van der Waals surface area contributed by atoms with Crippen LogP contribution in [-0.2, 0) is 0 Å². The first kappa shape index (κ1) is 13.8. The highest BCUT2D eigenvalue weighted by molar-refractivity contribution is 9.10. The quantitative estimate of drug-likeness (QED) is 0.924. The van der Waals surface area contributed by atoms with Crippen molar-refractivity contribution in [2.24, 2.45) is 5.92 Å². The number of nitrogens with zero attached hydrogens (tertiary/aromatic N) is 1. The van der Waals surface area contributed by atoms with Gasteiger partial charge in [-0.05, 0) is 60.1 Å². The van der Waals surface area contributed by atoms with Crippen molar-refractivity contribution in [1.29, 1.82) is 0 Å². The molecule has 0 spiro atoms. The van der Waals surface area contributed by atoms with Gasteiger partial charge in [0.15, 0.2) is 0 Å². The summed E-state index contributed by atoms with van der Waals surface area (Å²) in [5.41, 5.74) is 0.606.